The number of phenols is 1. The van der Waals surface area contributed by atoms with Crippen molar-refractivity contribution in [1.29, 1.82) is 0 Å². The van der Waals surface area contributed by atoms with Crippen molar-refractivity contribution < 1.29 is 19.7 Å². The number of aromatic hydroxyl groups is 1. The molecule has 1 aromatic carbocycles. The number of benzene rings is 1. The fraction of sp³-hybridized carbons (Fsp3) is 0.550. The minimum atomic E-state index is -0.357. The predicted octanol–water partition coefficient (Wildman–Crippen LogP) is 3.56. The van der Waals surface area contributed by atoms with E-state index < -0.39 is 0 Å². The number of aliphatic hydroxyl groups excluding tert-OH is 1. The SMILES string of the molecule is COc1cc(/C=C2/C[C@@]3(C)C(CCC[C@@H]3O)C(C)C2=O)ccc1O. The summed E-state index contributed by atoms with van der Waals surface area (Å²) < 4.78 is 5.14. The number of ketones is 1. The van der Waals surface area contributed by atoms with Gasteiger partial charge in [0, 0.05) is 11.3 Å². The highest BCUT2D eigenvalue weighted by molar-refractivity contribution is 6.02. The van der Waals surface area contributed by atoms with E-state index in [1.165, 1.54) is 7.11 Å². The van der Waals surface area contributed by atoms with Crippen LogP contribution in [0.15, 0.2) is 23.8 Å². The average molecular weight is 330 g/mol. The third kappa shape index (κ3) is 2.73. The first-order valence-electron chi connectivity index (χ1n) is 8.66. The van der Waals surface area contributed by atoms with Crippen LogP contribution >= 0.6 is 0 Å². The Balaban J connectivity index is 1.97. The minimum absolute atomic E-state index is 0.0658. The normalized spacial score (nSPS) is 34.9. The molecule has 0 radical (unpaired) electrons. The van der Waals surface area contributed by atoms with Gasteiger partial charge in [0.05, 0.1) is 13.2 Å². The molecule has 2 N–H and O–H groups in total. The number of phenolic OH excluding ortho intramolecular Hbond substituents is 1. The van der Waals surface area contributed by atoms with Crippen molar-refractivity contribution in [1.82, 2.24) is 0 Å². The van der Waals surface area contributed by atoms with Gasteiger partial charge in [-0.05, 0) is 54.5 Å². The van der Waals surface area contributed by atoms with Gasteiger partial charge in [-0.25, -0.2) is 0 Å². The summed E-state index contributed by atoms with van der Waals surface area (Å²) in [5.74, 6) is 0.836. The largest absolute Gasteiger partial charge is 0.504 e. The van der Waals surface area contributed by atoms with Crippen LogP contribution in [0.4, 0.5) is 0 Å². The molecule has 1 aromatic rings. The Bertz CT molecular complexity index is 678. The van der Waals surface area contributed by atoms with Crippen LogP contribution < -0.4 is 4.74 Å². The van der Waals surface area contributed by atoms with Crippen LogP contribution in [-0.4, -0.2) is 29.2 Å². The van der Waals surface area contributed by atoms with Crippen molar-refractivity contribution in [3.8, 4) is 11.5 Å². The molecule has 0 bridgehead atoms. The first kappa shape index (κ1) is 17.0. The molecule has 0 aliphatic heterocycles. The third-order valence-electron chi connectivity index (χ3n) is 6.05. The molecular weight excluding hydrogens is 304 g/mol. The Labute approximate surface area is 143 Å². The quantitative estimate of drug-likeness (QED) is 0.814. The number of rotatable bonds is 2. The lowest BCUT2D eigenvalue weighted by Crippen LogP contribution is -2.51. The highest BCUT2D eigenvalue weighted by Crippen LogP contribution is 2.53. The van der Waals surface area contributed by atoms with Gasteiger partial charge in [0.1, 0.15) is 0 Å². The molecule has 0 spiro atoms. The van der Waals surface area contributed by atoms with Crippen LogP contribution in [0.2, 0.25) is 0 Å². The zero-order valence-corrected chi connectivity index (χ0v) is 14.6. The van der Waals surface area contributed by atoms with E-state index in [1.807, 2.05) is 13.0 Å². The minimum Gasteiger partial charge on any atom is -0.504 e. The molecule has 2 aliphatic rings. The van der Waals surface area contributed by atoms with Gasteiger partial charge >= 0.3 is 0 Å². The van der Waals surface area contributed by atoms with Crippen molar-refractivity contribution in [2.45, 2.75) is 45.6 Å². The van der Waals surface area contributed by atoms with Gasteiger partial charge < -0.3 is 14.9 Å². The van der Waals surface area contributed by atoms with Crippen LogP contribution in [0.25, 0.3) is 6.08 Å². The van der Waals surface area contributed by atoms with Crippen molar-refractivity contribution in [3.63, 3.8) is 0 Å². The molecule has 4 atom stereocenters. The number of carbonyl (C=O) groups excluding carboxylic acids is 1. The van der Waals surface area contributed by atoms with Gasteiger partial charge in [-0.1, -0.05) is 26.3 Å². The van der Waals surface area contributed by atoms with E-state index in [2.05, 4.69) is 6.92 Å². The molecule has 4 heteroatoms. The van der Waals surface area contributed by atoms with Crippen molar-refractivity contribution in [3.05, 3.63) is 29.3 Å². The van der Waals surface area contributed by atoms with Crippen molar-refractivity contribution in [2.24, 2.45) is 17.3 Å². The second-order valence-corrected chi connectivity index (χ2v) is 7.49. The molecule has 2 aliphatic carbocycles. The molecule has 0 heterocycles. The highest BCUT2D eigenvalue weighted by Gasteiger charge is 2.51. The third-order valence-corrected chi connectivity index (χ3v) is 6.05. The summed E-state index contributed by atoms with van der Waals surface area (Å²) in [5, 5.41) is 20.3. The predicted molar refractivity (Wildman–Crippen MR) is 92.9 cm³/mol. The molecule has 2 unspecified atom stereocenters. The lowest BCUT2D eigenvalue weighted by Gasteiger charge is -2.51. The number of allylic oxidation sites excluding steroid dienone is 1. The van der Waals surface area contributed by atoms with Crippen LogP contribution in [0, 0.1) is 17.3 Å². The number of ether oxygens (including phenoxy) is 1. The van der Waals surface area contributed by atoms with E-state index >= 15 is 0 Å². The van der Waals surface area contributed by atoms with Gasteiger partial charge in [-0.2, -0.15) is 0 Å². The second-order valence-electron chi connectivity index (χ2n) is 7.49. The van der Waals surface area contributed by atoms with Gasteiger partial charge in [-0.15, -0.1) is 0 Å². The molecule has 0 amide bonds. The van der Waals surface area contributed by atoms with Gasteiger partial charge in [0.15, 0.2) is 17.3 Å². The molecule has 130 valence electrons. The summed E-state index contributed by atoms with van der Waals surface area (Å²) in [7, 11) is 1.50. The van der Waals surface area contributed by atoms with Crippen LogP contribution in [-0.2, 0) is 4.79 Å². The van der Waals surface area contributed by atoms with Gasteiger partial charge in [-0.3, -0.25) is 4.79 Å². The summed E-state index contributed by atoms with van der Waals surface area (Å²) in [4.78, 5) is 12.8. The number of carbonyl (C=O) groups is 1. The summed E-state index contributed by atoms with van der Waals surface area (Å²) in [6.07, 6.45) is 4.95. The fourth-order valence-corrected chi connectivity index (χ4v) is 4.59. The Hall–Kier alpha value is -1.81. The number of Topliss-reactive ketones (excluding diaryl/α,β-unsaturated/α-hetero) is 1. The van der Waals surface area contributed by atoms with E-state index in [1.54, 1.807) is 18.2 Å². The highest BCUT2D eigenvalue weighted by atomic mass is 16.5. The van der Waals surface area contributed by atoms with Crippen molar-refractivity contribution in [2.75, 3.05) is 7.11 Å². The molecular formula is C20H26O4. The first-order chi connectivity index (χ1) is 11.4. The first-order valence-corrected chi connectivity index (χ1v) is 8.66. The Morgan fingerprint density at radius 1 is 1.33 bits per heavy atom. The second kappa shape index (κ2) is 6.25. The van der Waals surface area contributed by atoms with E-state index in [-0.39, 0.29) is 34.9 Å². The maximum absolute atomic E-state index is 12.8. The molecule has 0 saturated heterocycles. The maximum atomic E-state index is 12.8. The molecule has 4 nitrogen and oxygen atoms in total. The van der Waals surface area contributed by atoms with E-state index in [0.717, 1.165) is 30.4 Å². The van der Waals surface area contributed by atoms with E-state index in [0.29, 0.717) is 12.2 Å². The molecule has 0 aromatic heterocycles. The van der Waals surface area contributed by atoms with Crippen molar-refractivity contribution >= 4 is 11.9 Å². The monoisotopic (exact) mass is 330 g/mol. The summed E-state index contributed by atoms with van der Waals surface area (Å²) in [5.41, 5.74) is 1.35. The Kier molecular flexibility index (Phi) is 4.43. The zero-order chi connectivity index (χ0) is 17.5. The molecule has 2 saturated carbocycles. The number of aliphatic hydroxyl groups is 1. The van der Waals surface area contributed by atoms with Crippen LogP contribution in [0.3, 0.4) is 0 Å². The summed E-state index contributed by atoms with van der Waals surface area (Å²) in [6.45, 7) is 4.11. The Morgan fingerprint density at radius 3 is 2.79 bits per heavy atom. The topological polar surface area (TPSA) is 66.8 Å². The zero-order valence-electron chi connectivity index (χ0n) is 14.6. The van der Waals surface area contributed by atoms with Gasteiger partial charge in [0.25, 0.3) is 0 Å². The lowest BCUT2D eigenvalue weighted by molar-refractivity contribution is -0.133. The number of hydrogen-bond donors (Lipinski definition) is 2. The Morgan fingerprint density at radius 2 is 2.08 bits per heavy atom. The summed E-state index contributed by atoms with van der Waals surface area (Å²) in [6, 6.07) is 5.07. The fourth-order valence-electron chi connectivity index (χ4n) is 4.59. The van der Waals surface area contributed by atoms with Gasteiger partial charge in [0.2, 0.25) is 0 Å². The maximum Gasteiger partial charge on any atom is 0.161 e. The van der Waals surface area contributed by atoms with Crippen LogP contribution in [0.5, 0.6) is 11.5 Å². The molecule has 2 fully saturated rings. The summed E-state index contributed by atoms with van der Waals surface area (Å²) >= 11 is 0. The number of fused-ring (bicyclic) bond motifs is 1. The number of hydrogen-bond acceptors (Lipinski definition) is 4. The standard InChI is InChI=1S/C20H26O4/c1-12-15-5-4-6-18(22)20(15,2)11-14(19(12)23)9-13-7-8-16(21)17(10-13)24-3/h7-10,12,15,18,21-22H,4-6,11H2,1-3H3/b14-9-/t12?,15?,18-,20-/m0/s1. The van der Waals surface area contributed by atoms with E-state index in [9.17, 15) is 15.0 Å². The molecule has 3 rings (SSSR count). The van der Waals surface area contributed by atoms with E-state index in [4.69, 9.17) is 4.74 Å². The smallest absolute Gasteiger partial charge is 0.161 e. The van der Waals surface area contributed by atoms with Crippen LogP contribution in [0.1, 0.15) is 45.1 Å². The number of methoxy groups -OCH3 is 1. The average Bonchev–Trinajstić information content (AvgIpc) is 2.56. The molecule has 24 heavy (non-hydrogen) atoms. The lowest BCUT2D eigenvalue weighted by atomic mass is 9.54.